The second-order valence-electron chi connectivity index (χ2n) is 6.30. The summed E-state index contributed by atoms with van der Waals surface area (Å²) in [5.41, 5.74) is 2.66. The third-order valence-corrected chi connectivity index (χ3v) is 4.72. The molecule has 0 amide bonds. The summed E-state index contributed by atoms with van der Waals surface area (Å²) in [6.45, 7) is 3.70. The highest BCUT2D eigenvalue weighted by molar-refractivity contribution is 5.70. The molecule has 1 saturated heterocycles. The van der Waals surface area contributed by atoms with E-state index in [1.807, 2.05) is 0 Å². The second-order valence-corrected chi connectivity index (χ2v) is 6.30. The number of morpholine rings is 1. The van der Waals surface area contributed by atoms with Gasteiger partial charge in [-0.3, -0.25) is 0 Å². The van der Waals surface area contributed by atoms with Gasteiger partial charge in [-0.15, -0.1) is 0 Å². The number of nitrogens with zero attached hydrogens (tertiary/aromatic N) is 1. The molecule has 3 rings (SSSR count). The Kier molecular flexibility index (Phi) is 5.39. The molecule has 1 heterocycles. The summed E-state index contributed by atoms with van der Waals surface area (Å²) in [6.07, 6.45) is 9.62. The maximum absolute atomic E-state index is 5.48. The molecule has 2 aliphatic rings. The fourth-order valence-corrected chi connectivity index (χ4v) is 3.50. The lowest BCUT2D eigenvalue weighted by Crippen LogP contribution is -2.37. The van der Waals surface area contributed by atoms with Gasteiger partial charge in [0.05, 0.1) is 24.6 Å². The highest BCUT2D eigenvalue weighted by Gasteiger charge is 2.17. The van der Waals surface area contributed by atoms with Crippen LogP contribution in [-0.2, 0) is 4.74 Å². The first-order valence-corrected chi connectivity index (χ1v) is 8.62. The van der Waals surface area contributed by atoms with Gasteiger partial charge in [0.25, 0.3) is 0 Å². The fraction of sp³-hybridized carbons (Fsp3) is 0.667. The van der Waals surface area contributed by atoms with E-state index in [2.05, 4.69) is 34.5 Å². The van der Waals surface area contributed by atoms with Crippen LogP contribution in [0.3, 0.4) is 0 Å². The van der Waals surface area contributed by atoms with E-state index in [1.54, 1.807) is 0 Å². The van der Waals surface area contributed by atoms with Crippen LogP contribution in [0.1, 0.15) is 44.9 Å². The first kappa shape index (κ1) is 14.7. The van der Waals surface area contributed by atoms with Crippen molar-refractivity contribution in [3.63, 3.8) is 0 Å². The third kappa shape index (κ3) is 4.13. The van der Waals surface area contributed by atoms with Crippen LogP contribution in [0.4, 0.5) is 11.4 Å². The molecule has 1 saturated carbocycles. The smallest absolute Gasteiger partial charge is 0.0642 e. The number of para-hydroxylation sites is 2. The molecule has 0 unspecified atom stereocenters. The van der Waals surface area contributed by atoms with Crippen LogP contribution in [0.15, 0.2) is 24.3 Å². The van der Waals surface area contributed by atoms with Crippen LogP contribution in [0.2, 0.25) is 0 Å². The summed E-state index contributed by atoms with van der Waals surface area (Å²) in [5, 5.41) is 3.83. The Balaban J connectivity index is 1.68. The van der Waals surface area contributed by atoms with Gasteiger partial charge in [0, 0.05) is 19.1 Å². The molecule has 1 aromatic carbocycles. The first-order valence-electron chi connectivity index (χ1n) is 8.62. The summed E-state index contributed by atoms with van der Waals surface area (Å²) in [6, 6.07) is 9.43. The monoisotopic (exact) mass is 288 g/mol. The van der Waals surface area contributed by atoms with Gasteiger partial charge in [-0.05, 0) is 25.0 Å². The van der Waals surface area contributed by atoms with Gasteiger partial charge in [0.1, 0.15) is 0 Å². The number of benzene rings is 1. The minimum Gasteiger partial charge on any atom is -0.381 e. The van der Waals surface area contributed by atoms with Crippen LogP contribution in [-0.4, -0.2) is 32.3 Å². The molecular weight excluding hydrogens is 260 g/mol. The molecule has 0 atom stereocenters. The van der Waals surface area contributed by atoms with E-state index < -0.39 is 0 Å². The zero-order chi connectivity index (χ0) is 14.3. The van der Waals surface area contributed by atoms with Crippen molar-refractivity contribution in [2.75, 3.05) is 36.5 Å². The maximum Gasteiger partial charge on any atom is 0.0642 e. The summed E-state index contributed by atoms with van der Waals surface area (Å²) in [4.78, 5) is 2.45. The quantitative estimate of drug-likeness (QED) is 0.908. The Morgan fingerprint density at radius 3 is 2.33 bits per heavy atom. The zero-order valence-corrected chi connectivity index (χ0v) is 13.0. The van der Waals surface area contributed by atoms with E-state index in [0.717, 1.165) is 26.3 Å². The van der Waals surface area contributed by atoms with Crippen LogP contribution in [0, 0.1) is 0 Å². The average molecular weight is 288 g/mol. The molecule has 21 heavy (non-hydrogen) atoms. The molecule has 0 aromatic heterocycles. The number of nitrogens with one attached hydrogen (secondary N) is 1. The first-order chi connectivity index (χ1) is 10.4. The largest absolute Gasteiger partial charge is 0.381 e. The van der Waals surface area contributed by atoms with E-state index in [-0.39, 0.29) is 0 Å². The predicted molar refractivity (Wildman–Crippen MR) is 89.2 cm³/mol. The predicted octanol–water partition coefficient (Wildman–Crippen LogP) is 4.05. The van der Waals surface area contributed by atoms with Crippen molar-refractivity contribution in [1.82, 2.24) is 0 Å². The average Bonchev–Trinajstić information content (AvgIpc) is 2.51. The van der Waals surface area contributed by atoms with Gasteiger partial charge >= 0.3 is 0 Å². The lowest BCUT2D eigenvalue weighted by molar-refractivity contribution is 0.123. The minimum absolute atomic E-state index is 0.646. The van der Waals surface area contributed by atoms with Gasteiger partial charge < -0.3 is 15.0 Å². The van der Waals surface area contributed by atoms with Crippen molar-refractivity contribution >= 4 is 11.4 Å². The molecule has 3 heteroatoms. The van der Waals surface area contributed by atoms with Crippen LogP contribution in [0.5, 0.6) is 0 Å². The molecule has 116 valence electrons. The summed E-state index contributed by atoms with van der Waals surface area (Å²) >= 11 is 0. The Hall–Kier alpha value is -1.22. The maximum atomic E-state index is 5.48. The number of anilines is 2. The number of rotatable bonds is 3. The number of hydrogen-bond acceptors (Lipinski definition) is 3. The fourth-order valence-electron chi connectivity index (χ4n) is 3.50. The lowest BCUT2D eigenvalue weighted by Gasteiger charge is -2.32. The Morgan fingerprint density at radius 2 is 1.57 bits per heavy atom. The van der Waals surface area contributed by atoms with Crippen molar-refractivity contribution in [2.24, 2.45) is 0 Å². The molecule has 0 spiro atoms. The minimum atomic E-state index is 0.646. The van der Waals surface area contributed by atoms with E-state index in [1.165, 1.54) is 56.3 Å². The van der Waals surface area contributed by atoms with Crippen molar-refractivity contribution in [2.45, 2.75) is 51.0 Å². The Bertz CT molecular complexity index is 421. The van der Waals surface area contributed by atoms with Gasteiger partial charge in [-0.1, -0.05) is 44.2 Å². The van der Waals surface area contributed by atoms with Crippen molar-refractivity contribution in [1.29, 1.82) is 0 Å². The third-order valence-electron chi connectivity index (χ3n) is 4.72. The van der Waals surface area contributed by atoms with Crippen molar-refractivity contribution < 1.29 is 4.74 Å². The van der Waals surface area contributed by atoms with Gasteiger partial charge in [-0.25, -0.2) is 0 Å². The highest BCUT2D eigenvalue weighted by atomic mass is 16.5. The van der Waals surface area contributed by atoms with E-state index >= 15 is 0 Å². The molecule has 0 bridgehead atoms. The van der Waals surface area contributed by atoms with Gasteiger partial charge in [0.15, 0.2) is 0 Å². The lowest BCUT2D eigenvalue weighted by atomic mass is 9.96. The molecule has 1 aliphatic carbocycles. The molecule has 2 fully saturated rings. The molecular formula is C18H28N2O. The molecule has 1 aliphatic heterocycles. The SMILES string of the molecule is c1ccc(N2CCOCC2)c(NC2CCCCCCC2)c1. The summed E-state index contributed by atoms with van der Waals surface area (Å²) < 4.78 is 5.48. The summed E-state index contributed by atoms with van der Waals surface area (Å²) in [5.74, 6) is 0. The Labute approximate surface area is 128 Å². The van der Waals surface area contributed by atoms with E-state index in [9.17, 15) is 0 Å². The van der Waals surface area contributed by atoms with Crippen molar-refractivity contribution in [3.8, 4) is 0 Å². The standard InChI is InChI=1S/C18H28N2O/c1-2-4-8-16(9-5-3-1)19-17-10-6-7-11-18(17)20-12-14-21-15-13-20/h6-7,10-11,16,19H,1-5,8-9,12-15H2. The Morgan fingerprint density at radius 1 is 0.905 bits per heavy atom. The van der Waals surface area contributed by atoms with Crippen LogP contribution >= 0.6 is 0 Å². The normalized spacial score (nSPS) is 21.6. The van der Waals surface area contributed by atoms with E-state index in [0.29, 0.717) is 6.04 Å². The molecule has 1 aromatic rings. The number of ether oxygens (including phenoxy) is 1. The molecule has 3 nitrogen and oxygen atoms in total. The van der Waals surface area contributed by atoms with E-state index in [4.69, 9.17) is 4.74 Å². The summed E-state index contributed by atoms with van der Waals surface area (Å²) in [7, 11) is 0. The molecule has 0 radical (unpaired) electrons. The second kappa shape index (κ2) is 7.69. The topological polar surface area (TPSA) is 24.5 Å². The van der Waals surface area contributed by atoms with Crippen molar-refractivity contribution in [3.05, 3.63) is 24.3 Å². The van der Waals surface area contributed by atoms with Crippen LogP contribution < -0.4 is 10.2 Å². The van der Waals surface area contributed by atoms with Crippen LogP contribution in [0.25, 0.3) is 0 Å². The number of hydrogen-bond donors (Lipinski definition) is 1. The highest BCUT2D eigenvalue weighted by Crippen LogP contribution is 2.29. The van der Waals surface area contributed by atoms with Gasteiger partial charge in [-0.2, -0.15) is 0 Å². The molecule has 1 N–H and O–H groups in total. The van der Waals surface area contributed by atoms with Gasteiger partial charge in [0.2, 0.25) is 0 Å². The zero-order valence-electron chi connectivity index (χ0n) is 13.0.